The number of nitrogens with zero attached hydrogens (tertiary/aromatic N) is 4. The Morgan fingerprint density at radius 3 is 2.53 bits per heavy atom. The van der Waals surface area contributed by atoms with Gasteiger partial charge in [0, 0.05) is 19.2 Å². The van der Waals surface area contributed by atoms with Crippen molar-refractivity contribution in [1.82, 2.24) is 24.4 Å². The van der Waals surface area contributed by atoms with E-state index in [4.69, 9.17) is 14.5 Å². The molecule has 34 heavy (non-hydrogen) atoms. The van der Waals surface area contributed by atoms with E-state index >= 15 is 0 Å². The van der Waals surface area contributed by atoms with Crippen molar-refractivity contribution >= 4 is 17.1 Å². The van der Waals surface area contributed by atoms with E-state index in [-0.39, 0.29) is 23.6 Å². The average Bonchev–Trinajstić information content (AvgIpc) is 3.14. The minimum absolute atomic E-state index is 0.0870. The maximum atomic E-state index is 13.6. The van der Waals surface area contributed by atoms with E-state index in [1.807, 2.05) is 37.3 Å². The molecule has 1 amide bonds. The van der Waals surface area contributed by atoms with Gasteiger partial charge in [0.15, 0.2) is 17.2 Å². The molecule has 2 aromatic heterocycles. The number of amides is 1. The second-order valence-corrected chi connectivity index (χ2v) is 7.29. The normalized spacial score (nSPS) is 10.8. The summed E-state index contributed by atoms with van der Waals surface area (Å²) in [7, 11) is 3.04. The molecule has 0 radical (unpaired) electrons. The Hall–Kier alpha value is -4.40. The first-order valence-electron chi connectivity index (χ1n) is 10.8. The summed E-state index contributed by atoms with van der Waals surface area (Å²) in [5.74, 6) is 1.06. The van der Waals surface area contributed by atoms with E-state index < -0.39 is 5.91 Å². The van der Waals surface area contributed by atoms with Crippen LogP contribution in [0.3, 0.4) is 0 Å². The molecule has 1 N–H and O–H groups in total. The van der Waals surface area contributed by atoms with Crippen molar-refractivity contribution < 1.29 is 14.3 Å². The minimum Gasteiger partial charge on any atom is -0.495 e. The lowest BCUT2D eigenvalue weighted by molar-refractivity contribution is 0.0959. The fourth-order valence-electron chi connectivity index (χ4n) is 3.76. The van der Waals surface area contributed by atoms with Crippen LogP contribution in [0.2, 0.25) is 0 Å². The number of para-hydroxylation sites is 2. The molecule has 9 heteroatoms. The minimum atomic E-state index is -0.436. The second kappa shape index (κ2) is 9.62. The smallest absolute Gasteiger partial charge is 0.335 e. The first kappa shape index (κ1) is 22.8. The van der Waals surface area contributed by atoms with Gasteiger partial charge in [0.2, 0.25) is 0 Å². The van der Waals surface area contributed by atoms with Crippen LogP contribution in [0.25, 0.3) is 28.2 Å². The highest BCUT2D eigenvalue weighted by atomic mass is 16.5. The Labute approximate surface area is 196 Å². The van der Waals surface area contributed by atoms with E-state index in [1.165, 1.54) is 23.3 Å². The highest BCUT2D eigenvalue weighted by Crippen LogP contribution is 2.28. The van der Waals surface area contributed by atoms with Crippen molar-refractivity contribution in [2.75, 3.05) is 20.8 Å². The molecule has 174 valence electrons. The molecule has 0 saturated heterocycles. The molecule has 2 heterocycles. The SMILES string of the molecule is C=CCn1c(=O)n(-c2ccccc2OC)c2nc(-c3ccc(OCC)cc3)nc(C(=O)NC)c21. The number of allylic oxidation sites excluding steroid dienone is 1. The number of rotatable bonds is 8. The zero-order chi connectivity index (χ0) is 24.2. The molecule has 0 saturated carbocycles. The zero-order valence-corrected chi connectivity index (χ0v) is 19.2. The van der Waals surface area contributed by atoms with Gasteiger partial charge in [-0.05, 0) is 43.3 Å². The van der Waals surface area contributed by atoms with Crippen LogP contribution < -0.4 is 20.5 Å². The fraction of sp³-hybridized carbons (Fsp3) is 0.200. The largest absolute Gasteiger partial charge is 0.495 e. The summed E-state index contributed by atoms with van der Waals surface area (Å²) in [6.07, 6.45) is 1.58. The molecule has 0 bridgehead atoms. The van der Waals surface area contributed by atoms with Crippen molar-refractivity contribution in [2.45, 2.75) is 13.5 Å². The van der Waals surface area contributed by atoms with Crippen LogP contribution in [0.1, 0.15) is 17.4 Å². The van der Waals surface area contributed by atoms with E-state index in [0.717, 1.165) is 0 Å². The quantitative estimate of drug-likeness (QED) is 0.406. The van der Waals surface area contributed by atoms with E-state index in [0.29, 0.717) is 40.7 Å². The predicted molar refractivity (Wildman–Crippen MR) is 130 cm³/mol. The number of nitrogens with one attached hydrogen (secondary N) is 1. The maximum absolute atomic E-state index is 13.6. The number of imidazole rings is 1. The Kier molecular flexibility index (Phi) is 6.44. The molecule has 4 aromatic rings. The lowest BCUT2D eigenvalue weighted by Crippen LogP contribution is -2.24. The van der Waals surface area contributed by atoms with Crippen LogP contribution in [-0.2, 0) is 6.54 Å². The third-order valence-corrected chi connectivity index (χ3v) is 5.27. The van der Waals surface area contributed by atoms with Crippen molar-refractivity contribution in [3.8, 4) is 28.6 Å². The number of carbonyl (C=O) groups is 1. The molecule has 0 aliphatic rings. The monoisotopic (exact) mass is 459 g/mol. The lowest BCUT2D eigenvalue weighted by atomic mass is 10.2. The number of hydrogen-bond donors (Lipinski definition) is 1. The van der Waals surface area contributed by atoms with E-state index in [1.54, 1.807) is 24.3 Å². The highest BCUT2D eigenvalue weighted by Gasteiger charge is 2.25. The third-order valence-electron chi connectivity index (χ3n) is 5.27. The van der Waals surface area contributed by atoms with Gasteiger partial charge in [-0.2, -0.15) is 0 Å². The van der Waals surface area contributed by atoms with Crippen molar-refractivity contribution in [1.29, 1.82) is 0 Å². The summed E-state index contributed by atoms with van der Waals surface area (Å²) in [5, 5.41) is 2.61. The summed E-state index contributed by atoms with van der Waals surface area (Å²) in [6.45, 7) is 6.38. The van der Waals surface area contributed by atoms with Gasteiger partial charge in [0.1, 0.15) is 17.0 Å². The topological polar surface area (TPSA) is 100 Å². The molecule has 9 nitrogen and oxygen atoms in total. The molecule has 0 unspecified atom stereocenters. The molecular formula is C25H25N5O4. The van der Waals surface area contributed by atoms with Gasteiger partial charge in [0.25, 0.3) is 5.91 Å². The Morgan fingerprint density at radius 2 is 1.88 bits per heavy atom. The standard InChI is InChI=1S/C25H25N5O4/c1-5-15-29-21-20(24(31)26-3)27-22(16-11-13-17(14-12-16)34-6-2)28-23(21)30(25(29)32)18-9-7-8-10-19(18)33-4/h5,7-14H,1,6,15H2,2-4H3,(H,26,31). The maximum Gasteiger partial charge on any atom is 0.335 e. The number of fused-ring (bicyclic) bond motifs is 1. The van der Waals surface area contributed by atoms with Crippen LogP contribution >= 0.6 is 0 Å². The average molecular weight is 460 g/mol. The molecule has 0 spiro atoms. The van der Waals surface area contributed by atoms with Crippen LogP contribution in [0.4, 0.5) is 0 Å². The lowest BCUT2D eigenvalue weighted by Gasteiger charge is -2.10. The molecule has 0 atom stereocenters. The first-order valence-corrected chi connectivity index (χ1v) is 10.8. The van der Waals surface area contributed by atoms with Gasteiger partial charge in [-0.15, -0.1) is 6.58 Å². The van der Waals surface area contributed by atoms with Gasteiger partial charge in [-0.1, -0.05) is 18.2 Å². The number of methoxy groups -OCH3 is 1. The zero-order valence-electron chi connectivity index (χ0n) is 19.2. The summed E-state index contributed by atoms with van der Waals surface area (Å²) < 4.78 is 13.9. The summed E-state index contributed by atoms with van der Waals surface area (Å²) in [4.78, 5) is 35.8. The molecule has 2 aromatic carbocycles. The number of hydrogen-bond acceptors (Lipinski definition) is 6. The molecule has 0 aliphatic heterocycles. The first-order chi connectivity index (χ1) is 16.5. The Morgan fingerprint density at radius 1 is 1.15 bits per heavy atom. The van der Waals surface area contributed by atoms with Crippen LogP contribution in [0.15, 0.2) is 66.0 Å². The third kappa shape index (κ3) is 3.92. The molecule has 0 aliphatic carbocycles. The molecular weight excluding hydrogens is 434 g/mol. The van der Waals surface area contributed by atoms with Crippen LogP contribution in [-0.4, -0.2) is 45.8 Å². The van der Waals surface area contributed by atoms with Gasteiger partial charge < -0.3 is 14.8 Å². The Bertz CT molecular complexity index is 1420. The fourth-order valence-corrected chi connectivity index (χ4v) is 3.76. The summed E-state index contributed by atoms with van der Waals surface area (Å²) >= 11 is 0. The summed E-state index contributed by atoms with van der Waals surface area (Å²) in [6, 6.07) is 14.4. The van der Waals surface area contributed by atoms with Gasteiger partial charge >= 0.3 is 5.69 Å². The second-order valence-electron chi connectivity index (χ2n) is 7.29. The van der Waals surface area contributed by atoms with Crippen molar-refractivity contribution in [2.24, 2.45) is 0 Å². The number of aromatic nitrogens is 4. The van der Waals surface area contributed by atoms with E-state index in [2.05, 4.69) is 16.9 Å². The number of ether oxygens (including phenoxy) is 2. The predicted octanol–water partition coefficient (Wildman–Crippen LogP) is 3.20. The van der Waals surface area contributed by atoms with Crippen molar-refractivity contribution in [3.05, 3.63) is 77.4 Å². The van der Waals surface area contributed by atoms with Gasteiger partial charge in [-0.25, -0.2) is 19.3 Å². The number of carbonyl (C=O) groups excluding carboxylic acids is 1. The Balaban J connectivity index is 2.09. The van der Waals surface area contributed by atoms with Gasteiger partial charge in [0.05, 0.1) is 19.4 Å². The van der Waals surface area contributed by atoms with E-state index in [9.17, 15) is 9.59 Å². The van der Waals surface area contributed by atoms with Crippen molar-refractivity contribution in [3.63, 3.8) is 0 Å². The van der Waals surface area contributed by atoms with Gasteiger partial charge in [-0.3, -0.25) is 9.36 Å². The molecule has 0 fully saturated rings. The number of benzene rings is 2. The molecule has 4 rings (SSSR count). The van der Waals surface area contributed by atoms with Crippen LogP contribution in [0.5, 0.6) is 11.5 Å². The summed E-state index contributed by atoms with van der Waals surface area (Å²) in [5.41, 5.74) is 1.47. The highest BCUT2D eigenvalue weighted by molar-refractivity contribution is 6.03. The van der Waals surface area contributed by atoms with Crippen LogP contribution in [0, 0.1) is 0 Å².